The molecule has 2 N–H and O–H groups in total. The molecule has 0 saturated heterocycles. The third kappa shape index (κ3) is 3.75. The standard InChI is InChI=1S/C15H24N2O3S/c1-11-8-9-12(10-14(11)17(2)3)21(19,20)16-13-6-4-5-7-15(13)18/h8-10,13,15-16,18H,4-7H2,1-3H3. The molecule has 0 radical (unpaired) electrons. The number of aliphatic hydroxyl groups is 1. The molecule has 2 rings (SSSR count). The first-order valence-corrected chi connectivity index (χ1v) is 8.78. The Balaban J connectivity index is 2.25. The normalized spacial score (nSPS) is 23.0. The molecule has 118 valence electrons. The molecular formula is C15H24N2O3S. The van der Waals surface area contributed by atoms with Crippen LogP contribution >= 0.6 is 0 Å². The van der Waals surface area contributed by atoms with Gasteiger partial charge in [0, 0.05) is 25.8 Å². The minimum absolute atomic E-state index is 0.245. The third-order valence-corrected chi connectivity index (χ3v) is 5.50. The second kappa shape index (κ2) is 6.34. The molecule has 0 heterocycles. The van der Waals surface area contributed by atoms with E-state index in [1.54, 1.807) is 18.2 Å². The Labute approximate surface area is 127 Å². The highest BCUT2D eigenvalue weighted by molar-refractivity contribution is 7.89. The van der Waals surface area contributed by atoms with Gasteiger partial charge in [-0.05, 0) is 37.5 Å². The van der Waals surface area contributed by atoms with Crippen molar-refractivity contribution in [2.45, 2.75) is 49.6 Å². The molecule has 0 aliphatic heterocycles. The zero-order valence-electron chi connectivity index (χ0n) is 12.8. The summed E-state index contributed by atoms with van der Waals surface area (Å²) in [6, 6.07) is 4.71. The summed E-state index contributed by atoms with van der Waals surface area (Å²) in [6.07, 6.45) is 2.65. The molecule has 1 aliphatic rings. The Morgan fingerprint density at radius 1 is 1.24 bits per heavy atom. The van der Waals surface area contributed by atoms with Crippen molar-refractivity contribution in [2.75, 3.05) is 19.0 Å². The van der Waals surface area contributed by atoms with Crippen molar-refractivity contribution in [3.8, 4) is 0 Å². The van der Waals surface area contributed by atoms with Crippen molar-refractivity contribution >= 4 is 15.7 Å². The van der Waals surface area contributed by atoms with Crippen LogP contribution < -0.4 is 9.62 Å². The number of anilines is 1. The van der Waals surface area contributed by atoms with Crippen LogP contribution in [-0.2, 0) is 10.0 Å². The van der Waals surface area contributed by atoms with Crippen LogP contribution in [0.1, 0.15) is 31.2 Å². The lowest BCUT2D eigenvalue weighted by Crippen LogP contribution is -2.44. The number of hydrogen-bond donors (Lipinski definition) is 2. The highest BCUT2D eigenvalue weighted by atomic mass is 32.2. The largest absolute Gasteiger partial charge is 0.391 e. The van der Waals surface area contributed by atoms with Crippen molar-refractivity contribution in [3.63, 3.8) is 0 Å². The minimum Gasteiger partial charge on any atom is -0.391 e. The molecule has 1 aliphatic carbocycles. The van der Waals surface area contributed by atoms with Gasteiger partial charge in [0.25, 0.3) is 0 Å². The summed E-state index contributed by atoms with van der Waals surface area (Å²) in [7, 11) is 0.170. The molecule has 1 saturated carbocycles. The number of hydrogen-bond acceptors (Lipinski definition) is 4. The summed E-state index contributed by atoms with van der Waals surface area (Å²) in [4.78, 5) is 2.14. The van der Waals surface area contributed by atoms with Gasteiger partial charge in [0.2, 0.25) is 10.0 Å². The average Bonchev–Trinajstić information content (AvgIpc) is 2.41. The third-order valence-electron chi connectivity index (χ3n) is 4.01. The Kier molecular flexibility index (Phi) is 4.91. The molecule has 6 heteroatoms. The molecule has 0 bridgehead atoms. The zero-order valence-corrected chi connectivity index (χ0v) is 13.7. The van der Waals surface area contributed by atoms with Crippen LogP contribution in [0.4, 0.5) is 5.69 Å². The van der Waals surface area contributed by atoms with Gasteiger partial charge in [0.1, 0.15) is 0 Å². The number of aliphatic hydroxyl groups excluding tert-OH is 1. The van der Waals surface area contributed by atoms with Gasteiger partial charge in [-0.15, -0.1) is 0 Å². The SMILES string of the molecule is Cc1ccc(S(=O)(=O)NC2CCCCC2O)cc1N(C)C. The van der Waals surface area contributed by atoms with Gasteiger partial charge in [-0.2, -0.15) is 0 Å². The molecule has 2 unspecified atom stereocenters. The fourth-order valence-electron chi connectivity index (χ4n) is 2.75. The lowest BCUT2D eigenvalue weighted by atomic mass is 9.93. The first-order valence-electron chi connectivity index (χ1n) is 7.29. The fraction of sp³-hybridized carbons (Fsp3) is 0.600. The van der Waals surface area contributed by atoms with Crippen molar-refractivity contribution in [1.82, 2.24) is 4.72 Å². The van der Waals surface area contributed by atoms with Gasteiger partial charge in [0.15, 0.2) is 0 Å². The molecule has 2 atom stereocenters. The second-order valence-electron chi connectivity index (χ2n) is 5.92. The highest BCUT2D eigenvalue weighted by Crippen LogP contribution is 2.24. The summed E-state index contributed by atoms with van der Waals surface area (Å²) >= 11 is 0. The zero-order chi connectivity index (χ0) is 15.6. The maximum absolute atomic E-state index is 12.5. The topological polar surface area (TPSA) is 69.6 Å². The lowest BCUT2D eigenvalue weighted by molar-refractivity contribution is 0.101. The van der Waals surface area contributed by atoms with Crippen LogP contribution in [0.25, 0.3) is 0 Å². The summed E-state index contributed by atoms with van der Waals surface area (Å²) in [5.74, 6) is 0. The van der Waals surface area contributed by atoms with Crippen molar-refractivity contribution in [3.05, 3.63) is 23.8 Å². The van der Waals surface area contributed by atoms with E-state index >= 15 is 0 Å². The van der Waals surface area contributed by atoms with E-state index in [0.717, 1.165) is 24.1 Å². The quantitative estimate of drug-likeness (QED) is 0.887. The maximum atomic E-state index is 12.5. The molecule has 21 heavy (non-hydrogen) atoms. The summed E-state index contributed by atoms with van der Waals surface area (Å²) in [5.41, 5.74) is 1.90. The monoisotopic (exact) mass is 312 g/mol. The van der Waals surface area contributed by atoms with E-state index in [0.29, 0.717) is 12.8 Å². The number of rotatable bonds is 4. The Morgan fingerprint density at radius 3 is 2.52 bits per heavy atom. The summed E-state index contributed by atoms with van der Waals surface area (Å²) in [6.45, 7) is 1.95. The van der Waals surface area contributed by atoms with E-state index in [1.807, 2.05) is 25.9 Å². The number of nitrogens with zero attached hydrogens (tertiary/aromatic N) is 1. The van der Waals surface area contributed by atoms with Crippen LogP contribution in [-0.4, -0.2) is 39.8 Å². The van der Waals surface area contributed by atoms with Crippen LogP contribution in [0, 0.1) is 6.92 Å². The van der Waals surface area contributed by atoms with E-state index in [2.05, 4.69) is 4.72 Å². The van der Waals surface area contributed by atoms with Crippen LogP contribution in [0.3, 0.4) is 0 Å². The smallest absolute Gasteiger partial charge is 0.240 e. The van der Waals surface area contributed by atoms with Gasteiger partial charge < -0.3 is 10.0 Å². The van der Waals surface area contributed by atoms with Gasteiger partial charge in [-0.25, -0.2) is 13.1 Å². The Bertz CT molecular complexity index is 599. The number of benzene rings is 1. The molecule has 1 aromatic carbocycles. The average molecular weight is 312 g/mol. The number of nitrogens with one attached hydrogen (secondary N) is 1. The van der Waals surface area contributed by atoms with Crippen LogP contribution in [0.15, 0.2) is 23.1 Å². The van der Waals surface area contributed by atoms with Crippen LogP contribution in [0.5, 0.6) is 0 Å². The van der Waals surface area contributed by atoms with Crippen molar-refractivity contribution in [2.24, 2.45) is 0 Å². The maximum Gasteiger partial charge on any atom is 0.240 e. The van der Waals surface area contributed by atoms with E-state index in [-0.39, 0.29) is 10.9 Å². The Hall–Kier alpha value is -1.11. The Morgan fingerprint density at radius 2 is 1.90 bits per heavy atom. The van der Waals surface area contributed by atoms with Crippen LogP contribution in [0.2, 0.25) is 0 Å². The second-order valence-corrected chi connectivity index (χ2v) is 7.64. The van der Waals surface area contributed by atoms with Crippen molar-refractivity contribution in [1.29, 1.82) is 0 Å². The van der Waals surface area contributed by atoms with Crippen molar-refractivity contribution < 1.29 is 13.5 Å². The molecule has 5 nitrogen and oxygen atoms in total. The van der Waals surface area contributed by atoms with E-state index in [4.69, 9.17) is 0 Å². The van der Waals surface area contributed by atoms with Gasteiger partial charge in [-0.3, -0.25) is 0 Å². The van der Waals surface area contributed by atoms with E-state index < -0.39 is 16.1 Å². The molecule has 0 spiro atoms. The molecule has 1 fully saturated rings. The summed E-state index contributed by atoms with van der Waals surface area (Å²) in [5, 5.41) is 9.93. The van der Waals surface area contributed by atoms with E-state index in [9.17, 15) is 13.5 Å². The highest BCUT2D eigenvalue weighted by Gasteiger charge is 2.28. The molecule has 1 aromatic rings. The minimum atomic E-state index is -3.60. The van der Waals surface area contributed by atoms with Gasteiger partial charge in [-0.1, -0.05) is 18.9 Å². The summed E-state index contributed by atoms with van der Waals surface area (Å²) < 4.78 is 27.6. The first-order chi connectivity index (χ1) is 9.81. The lowest BCUT2D eigenvalue weighted by Gasteiger charge is -2.28. The molecule has 0 aromatic heterocycles. The van der Waals surface area contributed by atoms with Gasteiger partial charge >= 0.3 is 0 Å². The predicted molar refractivity (Wildman–Crippen MR) is 84.1 cm³/mol. The molecular weight excluding hydrogens is 288 g/mol. The predicted octanol–water partition coefficient (Wildman–Crippen LogP) is 1.64. The fourth-order valence-corrected chi connectivity index (χ4v) is 4.08. The first kappa shape index (κ1) is 16.3. The number of sulfonamides is 1. The van der Waals surface area contributed by atoms with E-state index in [1.165, 1.54) is 0 Å². The molecule has 0 amide bonds. The number of aryl methyl sites for hydroxylation is 1. The van der Waals surface area contributed by atoms with Gasteiger partial charge in [0.05, 0.1) is 11.0 Å².